The molecule has 0 unspecified atom stereocenters. The summed E-state index contributed by atoms with van der Waals surface area (Å²) in [7, 11) is -3.98. The Morgan fingerprint density at radius 2 is 1.73 bits per heavy atom. The molecule has 0 atom stereocenters. The Hall–Kier alpha value is 1.26. The van der Waals surface area contributed by atoms with E-state index in [4.69, 9.17) is 0 Å². The number of thiol groups is 1. The van der Waals surface area contributed by atoms with E-state index in [9.17, 15) is 13.0 Å². The summed E-state index contributed by atoms with van der Waals surface area (Å²) in [5.74, 6) is 0.514. The smallest absolute Gasteiger partial charge is 0.748 e. The predicted molar refractivity (Wildman–Crippen MR) is 42.3 cm³/mol. The van der Waals surface area contributed by atoms with Gasteiger partial charge in [-0.15, -0.1) is 0 Å². The van der Waals surface area contributed by atoms with Crippen LogP contribution in [0.25, 0.3) is 0 Å². The molecule has 0 saturated carbocycles. The molecule has 11 heavy (non-hydrogen) atoms. The van der Waals surface area contributed by atoms with E-state index in [0.29, 0.717) is 6.42 Å². The van der Waals surface area contributed by atoms with Crippen molar-refractivity contribution in [1.82, 2.24) is 0 Å². The summed E-state index contributed by atoms with van der Waals surface area (Å²) in [5, 5.41) is 0. The molecule has 0 saturated heterocycles. The van der Waals surface area contributed by atoms with Gasteiger partial charge in [-0.3, -0.25) is 0 Å². The van der Waals surface area contributed by atoms with Crippen LogP contribution in [0, 0.1) is 0 Å². The third-order valence-electron chi connectivity index (χ3n) is 1.05. The number of unbranched alkanes of at least 4 members (excludes halogenated alkanes) is 2. The zero-order chi connectivity index (χ0) is 8.04. The topological polar surface area (TPSA) is 57.2 Å². The quantitative estimate of drug-likeness (QED) is 0.237. The van der Waals surface area contributed by atoms with Crippen molar-refractivity contribution in [3.8, 4) is 0 Å². The van der Waals surface area contributed by atoms with Crippen molar-refractivity contribution in [2.45, 2.75) is 19.3 Å². The van der Waals surface area contributed by atoms with E-state index < -0.39 is 10.1 Å². The minimum absolute atomic E-state index is 0. The molecule has 0 aliphatic heterocycles. The first kappa shape index (κ1) is 14.8. The van der Waals surface area contributed by atoms with E-state index in [1.807, 2.05) is 0 Å². The second kappa shape index (κ2) is 7.89. The molecule has 0 amide bonds. The summed E-state index contributed by atoms with van der Waals surface area (Å²) in [4.78, 5) is 0. The van der Waals surface area contributed by atoms with Crippen LogP contribution in [0.1, 0.15) is 19.3 Å². The van der Waals surface area contributed by atoms with Crippen LogP contribution in [-0.4, -0.2) is 24.5 Å². The Balaban J connectivity index is 0. The fourth-order valence-electron chi connectivity index (χ4n) is 0.567. The molecule has 0 spiro atoms. The average Bonchev–Trinajstić information content (AvgIpc) is 1.78. The zero-order valence-corrected chi connectivity index (χ0v) is 10.3. The van der Waals surface area contributed by atoms with Gasteiger partial charge in [0.15, 0.2) is 0 Å². The first-order valence-electron chi connectivity index (χ1n) is 3.10. The maximum atomic E-state index is 10.0. The Kier molecular flexibility index (Phi) is 10.6. The van der Waals surface area contributed by atoms with Gasteiger partial charge in [0.25, 0.3) is 0 Å². The van der Waals surface area contributed by atoms with Gasteiger partial charge in [-0.2, -0.15) is 12.6 Å². The number of hydrogen-bond acceptors (Lipinski definition) is 4. The third-order valence-corrected chi connectivity index (χ3v) is 2.16. The van der Waals surface area contributed by atoms with Gasteiger partial charge in [0.1, 0.15) is 0 Å². The third kappa shape index (κ3) is 14.2. The van der Waals surface area contributed by atoms with Crippen LogP contribution in [0.15, 0.2) is 0 Å². The second-order valence-corrected chi connectivity index (χ2v) is 4.02. The van der Waals surface area contributed by atoms with Crippen LogP contribution >= 0.6 is 12.6 Å². The van der Waals surface area contributed by atoms with Gasteiger partial charge in [0, 0.05) is 5.75 Å². The number of hydrogen-bond donors (Lipinski definition) is 1. The first-order valence-corrected chi connectivity index (χ1v) is 5.31. The molecule has 0 aliphatic carbocycles. The van der Waals surface area contributed by atoms with Crippen molar-refractivity contribution in [2.24, 2.45) is 0 Å². The minimum Gasteiger partial charge on any atom is -0.748 e. The average molecular weight is 206 g/mol. The summed E-state index contributed by atoms with van der Waals surface area (Å²) in [5.41, 5.74) is 0. The summed E-state index contributed by atoms with van der Waals surface area (Å²) in [6.07, 6.45) is 2.11. The van der Waals surface area contributed by atoms with Crippen LogP contribution in [0.2, 0.25) is 0 Å². The van der Waals surface area contributed by atoms with E-state index >= 15 is 0 Å². The van der Waals surface area contributed by atoms with E-state index in [-0.39, 0.29) is 35.3 Å². The summed E-state index contributed by atoms with van der Waals surface area (Å²) in [6.45, 7) is 0. The minimum atomic E-state index is -3.98. The zero-order valence-electron chi connectivity index (χ0n) is 6.62. The van der Waals surface area contributed by atoms with E-state index in [1.54, 1.807) is 0 Å². The fraction of sp³-hybridized carbons (Fsp3) is 1.00. The van der Waals surface area contributed by atoms with E-state index in [2.05, 4.69) is 12.6 Å². The Labute approximate surface area is 95.4 Å². The largest absolute Gasteiger partial charge is 1.00 e. The molecule has 0 fully saturated rings. The monoisotopic (exact) mass is 206 g/mol. The maximum Gasteiger partial charge on any atom is 1.00 e. The maximum absolute atomic E-state index is 10.0. The molecule has 62 valence electrons. The van der Waals surface area contributed by atoms with Gasteiger partial charge in [0.2, 0.25) is 0 Å². The Morgan fingerprint density at radius 3 is 2.09 bits per heavy atom. The molecule has 0 heterocycles. The van der Waals surface area contributed by atoms with Crippen molar-refractivity contribution in [2.75, 3.05) is 11.5 Å². The van der Waals surface area contributed by atoms with E-state index in [0.717, 1.165) is 18.6 Å². The first-order chi connectivity index (χ1) is 4.56. The number of rotatable bonds is 5. The molecule has 0 rings (SSSR count). The van der Waals surface area contributed by atoms with Crippen LogP contribution in [0.3, 0.4) is 0 Å². The van der Waals surface area contributed by atoms with Crippen molar-refractivity contribution in [1.29, 1.82) is 0 Å². The van der Waals surface area contributed by atoms with Crippen molar-refractivity contribution in [3.63, 3.8) is 0 Å². The molecular formula is C5H11NaO3S2. The van der Waals surface area contributed by atoms with Gasteiger partial charge < -0.3 is 4.55 Å². The molecule has 0 aromatic carbocycles. The summed E-state index contributed by atoms with van der Waals surface area (Å²) in [6, 6.07) is 0. The van der Waals surface area contributed by atoms with Crippen LogP contribution in [0.5, 0.6) is 0 Å². The van der Waals surface area contributed by atoms with Crippen molar-refractivity contribution in [3.05, 3.63) is 0 Å². The van der Waals surface area contributed by atoms with E-state index in [1.165, 1.54) is 0 Å². The molecule has 0 N–H and O–H groups in total. The van der Waals surface area contributed by atoms with Crippen molar-refractivity contribution >= 4 is 22.7 Å². The van der Waals surface area contributed by atoms with Gasteiger partial charge >= 0.3 is 29.6 Å². The summed E-state index contributed by atoms with van der Waals surface area (Å²) >= 11 is 3.94. The van der Waals surface area contributed by atoms with Crippen LogP contribution in [-0.2, 0) is 10.1 Å². The molecule has 3 nitrogen and oxygen atoms in total. The predicted octanol–water partition coefficient (Wildman–Crippen LogP) is -2.36. The molecule has 0 aromatic rings. The Bertz CT molecular complexity index is 167. The summed E-state index contributed by atoms with van der Waals surface area (Å²) < 4.78 is 30.1. The van der Waals surface area contributed by atoms with Crippen LogP contribution < -0.4 is 29.6 Å². The fourth-order valence-corrected chi connectivity index (χ4v) is 1.35. The van der Waals surface area contributed by atoms with Gasteiger partial charge in [-0.05, 0) is 18.6 Å². The van der Waals surface area contributed by atoms with Gasteiger partial charge in [-0.1, -0.05) is 6.42 Å². The normalized spacial score (nSPS) is 10.7. The molecule has 0 bridgehead atoms. The molecule has 0 radical (unpaired) electrons. The Morgan fingerprint density at radius 1 is 1.18 bits per heavy atom. The molecule has 0 aromatic heterocycles. The second-order valence-electron chi connectivity index (χ2n) is 2.05. The molecule has 0 aliphatic rings. The standard InChI is InChI=1S/C5H12O3S2.Na/c6-10(7,8)5-3-1-2-4-9;/h9H,1-5H2,(H,6,7,8);/q;+1/p-1. The molecular weight excluding hydrogens is 195 g/mol. The van der Waals surface area contributed by atoms with Gasteiger partial charge in [0.05, 0.1) is 10.1 Å². The van der Waals surface area contributed by atoms with Gasteiger partial charge in [-0.25, -0.2) is 8.42 Å². The van der Waals surface area contributed by atoms with Crippen LogP contribution in [0.4, 0.5) is 0 Å². The molecule has 6 heteroatoms. The van der Waals surface area contributed by atoms with Crippen molar-refractivity contribution < 1.29 is 42.5 Å². The SMILES string of the molecule is O=S(=O)([O-])CCCCCS.[Na+].